The zero-order chi connectivity index (χ0) is 33.4. The van der Waals surface area contributed by atoms with E-state index in [0.717, 1.165) is 33.5 Å². The van der Waals surface area contributed by atoms with Gasteiger partial charge in [0, 0.05) is 37.1 Å². The second-order valence-corrected chi connectivity index (χ2v) is 11.1. The molecule has 0 aliphatic carbocycles. The quantitative estimate of drug-likeness (QED) is 0.142. The predicted molar refractivity (Wildman–Crippen MR) is 198 cm³/mol. The zero-order valence-corrected chi connectivity index (χ0v) is 29.1. The third kappa shape index (κ3) is 7.32. The summed E-state index contributed by atoms with van der Waals surface area (Å²) in [7, 11) is 0. The first-order valence-corrected chi connectivity index (χ1v) is 15.8. The molecule has 6 heteroatoms. The summed E-state index contributed by atoms with van der Waals surface area (Å²) in [6.07, 6.45) is 1.45. The number of carboxylic acid groups (broad SMARTS) is 1. The summed E-state index contributed by atoms with van der Waals surface area (Å²) in [5, 5.41) is 15.5. The van der Waals surface area contributed by atoms with Gasteiger partial charge >= 0.3 is 5.97 Å². The van der Waals surface area contributed by atoms with Crippen LogP contribution in [0.1, 0.15) is 10.5 Å². The van der Waals surface area contributed by atoms with Gasteiger partial charge in [0.25, 0.3) is 0 Å². The SMILES string of the molecule is O=C(O)c1ccccn1.[Ir].[c-]1ccccc1-c1nc2ccccc2c2ccccc12.[c-]1ccccc1-c1nc2ccccc2c2ccccc12. The fourth-order valence-corrected chi connectivity index (χ4v) is 5.79. The van der Waals surface area contributed by atoms with Crippen LogP contribution in [0.3, 0.4) is 0 Å². The van der Waals surface area contributed by atoms with Gasteiger partial charge < -0.3 is 5.11 Å². The maximum atomic E-state index is 10.1. The number of nitrogens with zero attached hydrogens (tertiary/aromatic N) is 3. The second-order valence-electron chi connectivity index (χ2n) is 11.1. The minimum atomic E-state index is -0.990. The molecule has 1 radical (unpaired) electrons. The molecule has 9 rings (SSSR count). The average Bonchev–Trinajstić information content (AvgIpc) is 3.19. The molecule has 0 fully saturated rings. The van der Waals surface area contributed by atoms with E-state index < -0.39 is 5.97 Å². The summed E-state index contributed by atoms with van der Waals surface area (Å²) in [4.78, 5) is 23.4. The van der Waals surface area contributed by atoms with Crippen molar-refractivity contribution < 1.29 is 30.0 Å². The summed E-state index contributed by atoms with van der Waals surface area (Å²) >= 11 is 0. The van der Waals surface area contributed by atoms with E-state index in [9.17, 15) is 4.79 Å². The number of hydrogen-bond acceptors (Lipinski definition) is 4. The van der Waals surface area contributed by atoms with E-state index in [4.69, 9.17) is 15.1 Å². The number of para-hydroxylation sites is 2. The smallest absolute Gasteiger partial charge is 0.354 e. The van der Waals surface area contributed by atoms with E-state index in [0.29, 0.717) is 0 Å². The first-order chi connectivity index (χ1) is 24.2. The molecule has 0 aliphatic heterocycles. The van der Waals surface area contributed by atoms with Crippen molar-refractivity contribution in [2.24, 2.45) is 0 Å². The molecule has 0 saturated carbocycles. The summed E-state index contributed by atoms with van der Waals surface area (Å²) in [6.45, 7) is 0. The van der Waals surface area contributed by atoms with Crippen LogP contribution in [0.2, 0.25) is 0 Å². The van der Waals surface area contributed by atoms with Crippen LogP contribution in [0, 0.1) is 12.1 Å². The Bertz CT molecular complexity index is 2370. The van der Waals surface area contributed by atoms with Gasteiger partial charge in [-0.15, -0.1) is 71.8 Å². The monoisotopic (exact) mass is 824 g/mol. The average molecular weight is 824 g/mol. The molecule has 0 saturated heterocycles. The molecule has 243 valence electrons. The zero-order valence-electron chi connectivity index (χ0n) is 26.7. The third-order valence-corrected chi connectivity index (χ3v) is 8.03. The van der Waals surface area contributed by atoms with Crippen LogP contribution in [0.25, 0.3) is 65.9 Å². The van der Waals surface area contributed by atoms with Crippen molar-refractivity contribution in [1.29, 1.82) is 0 Å². The van der Waals surface area contributed by atoms with E-state index >= 15 is 0 Å². The van der Waals surface area contributed by atoms with Crippen molar-refractivity contribution in [3.05, 3.63) is 188 Å². The Kier molecular flexibility index (Phi) is 10.7. The Morgan fingerprint density at radius 1 is 0.460 bits per heavy atom. The molecule has 0 spiro atoms. The molecule has 3 aromatic heterocycles. The molecular weight excluding hydrogens is 795 g/mol. The molecular formula is C44H29IrN3O2-2. The minimum absolute atomic E-state index is 0. The van der Waals surface area contributed by atoms with Gasteiger partial charge in [-0.2, -0.15) is 0 Å². The van der Waals surface area contributed by atoms with Crippen LogP contribution in [0.5, 0.6) is 0 Å². The van der Waals surface area contributed by atoms with E-state index in [1.807, 2.05) is 48.5 Å². The van der Waals surface area contributed by atoms with Gasteiger partial charge in [-0.05, 0) is 57.2 Å². The number of hydrogen-bond donors (Lipinski definition) is 1. The Hall–Kier alpha value is -6.07. The summed E-state index contributed by atoms with van der Waals surface area (Å²) in [6, 6.07) is 60.7. The Labute approximate surface area is 303 Å². The molecule has 0 unspecified atom stereocenters. The fourth-order valence-electron chi connectivity index (χ4n) is 5.79. The van der Waals surface area contributed by atoms with Crippen LogP contribution >= 0.6 is 0 Å². The van der Waals surface area contributed by atoms with Crippen LogP contribution < -0.4 is 0 Å². The molecule has 0 bridgehead atoms. The molecule has 50 heavy (non-hydrogen) atoms. The largest absolute Gasteiger partial charge is 0.477 e. The van der Waals surface area contributed by atoms with Gasteiger partial charge in [-0.3, -0.25) is 9.97 Å². The Morgan fingerprint density at radius 2 is 0.860 bits per heavy atom. The first kappa shape index (κ1) is 33.8. The summed E-state index contributed by atoms with van der Waals surface area (Å²) in [5.41, 5.74) is 6.21. The molecule has 5 nitrogen and oxygen atoms in total. The van der Waals surface area contributed by atoms with E-state index in [2.05, 4.69) is 114 Å². The van der Waals surface area contributed by atoms with Crippen LogP contribution in [-0.4, -0.2) is 26.0 Å². The van der Waals surface area contributed by atoms with Crippen molar-refractivity contribution in [3.8, 4) is 22.5 Å². The second kappa shape index (κ2) is 15.9. The number of carboxylic acids is 1. The van der Waals surface area contributed by atoms with Crippen LogP contribution in [0.15, 0.2) is 170 Å². The van der Waals surface area contributed by atoms with Crippen molar-refractivity contribution in [2.45, 2.75) is 0 Å². The number of rotatable bonds is 3. The summed E-state index contributed by atoms with van der Waals surface area (Å²) < 4.78 is 0. The Morgan fingerprint density at radius 3 is 1.24 bits per heavy atom. The van der Waals surface area contributed by atoms with Gasteiger partial charge in [0.2, 0.25) is 0 Å². The van der Waals surface area contributed by atoms with Gasteiger partial charge in [0.05, 0.1) is 11.0 Å². The predicted octanol–water partition coefficient (Wildman–Crippen LogP) is 10.5. The third-order valence-electron chi connectivity index (χ3n) is 8.03. The topological polar surface area (TPSA) is 76.0 Å². The normalized spacial score (nSPS) is 10.4. The molecule has 1 N–H and O–H groups in total. The van der Waals surface area contributed by atoms with Crippen molar-refractivity contribution in [1.82, 2.24) is 15.0 Å². The van der Waals surface area contributed by atoms with Crippen LogP contribution in [-0.2, 0) is 20.1 Å². The van der Waals surface area contributed by atoms with Crippen molar-refractivity contribution in [2.75, 3.05) is 0 Å². The fraction of sp³-hybridized carbons (Fsp3) is 0. The number of pyridine rings is 3. The maximum Gasteiger partial charge on any atom is 0.354 e. The van der Waals surface area contributed by atoms with Crippen molar-refractivity contribution >= 4 is 49.3 Å². The molecule has 9 aromatic rings. The van der Waals surface area contributed by atoms with Gasteiger partial charge in [-0.1, -0.05) is 91.0 Å². The molecule has 0 amide bonds. The Balaban J connectivity index is 0.000000138. The molecule has 6 aromatic carbocycles. The van der Waals surface area contributed by atoms with E-state index in [1.165, 1.54) is 44.6 Å². The number of benzene rings is 6. The first-order valence-electron chi connectivity index (χ1n) is 15.8. The van der Waals surface area contributed by atoms with E-state index in [1.54, 1.807) is 12.1 Å². The maximum absolute atomic E-state index is 10.1. The van der Waals surface area contributed by atoms with Gasteiger partial charge in [-0.25, -0.2) is 9.78 Å². The number of carbonyl (C=O) groups is 1. The van der Waals surface area contributed by atoms with Crippen molar-refractivity contribution in [3.63, 3.8) is 0 Å². The number of aromatic carboxylic acids is 1. The standard InChI is InChI=1S/2C19H12N.C6H5NO2.Ir/c2*1-2-8-14(9-3-1)19-17-12-5-4-10-15(17)16-11-6-7-13-18(16)20-19;8-6(9)5-3-1-2-4-7-5;/h2*1-8,10-13H;1-4H,(H,8,9);/q2*-1;;. The molecule has 3 heterocycles. The minimum Gasteiger partial charge on any atom is -0.477 e. The molecule has 0 atom stereocenters. The van der Waals surface area contributed by atoms with E-state index in [-0.39, 0.29) is 25.8 Å². The summed E-state index contributed by atoms with van der Waals surface area (Å²) in [5.74, 6) is -0.990. The molecule has 0 aliphatic rings. The number of fused-ring (bicyclic) bond motifs is 6. The van der Waals surface area contributed by atoms with Crippen LogP contribution in [0.4, 0.5) is 0 Å². The van der Waals surface area contributed by atoms with Gasteiger partial charge in [0.15, 0.2) is 0 Å². The number of aromatic nitrogens is 3. The van der Waals surface area contributed by atoms with Gasteiger partial charge in [0.1, 0.15) is 5.69 Å².